The predicted octanol–water partition coefficient (Wildman–Crippen LogP) is 2.00. The Morgan fingerprint density at radius 1 is 1.29 bits per heavy atom. The van der Waals surface area contributed by atoms with Gasteiger partial charge in [-0.05, 0) is 13.0 Å². The minimum Gasteiger partial charge on any atom is -0.236 e. The molecule has 0 bridgehead atoms. The Kier molecular flexibility index (Phi) is 2.11. The lowest BCUT2D eigenvalue weighted by Crippen LogP contribution is -1.96. The maximum Gasteiger partial charge on any atom is 0.126 e. The molecule has 0 saturated carbocycles. The van der Waals surface area contributed by atoms with Gasteiger partial charge in [0, 0.05) is 5.39 Å². The average molecular weight is 183 g/mol. The Hall–Kier alpha value is -1.95. The smallest absolute Gasteiger partial charge is 0.126 e. The first-order valence-corrected chi connectivity index (χ1v) is 4.40. The van der Waals surface area contributed by atoms with Gasteiger partial charge in [-0.15, -0.1) is 0 Å². The molecule has 3 nitrogen and oxygen atoms in total. The van der Waals surface area contributed by atoms with Crippen LogP contribution >= 0.6 is 0 Å². The molecule has 3 heteroatoms. The quantitative estimate of drug-likeness (QED) is 0.679. The van der Waals surface area contributed by atoms with Crippen LogP contribution in [0.1, 0.15) is 11.5 Å². The molecular formula is C11H9N3. The molecule has 0 radical (unpaired) electrons. The second kappa shape index (κ2) is 3.43. The van der Waals surface area contributed by atoms with Crippen LogP contribution in [0, 0.1) is 18.3 Å². The van der Waals surface area contributed by atoms with E-state index in [1.165, 1.54) is 0 Å². The van der Waals surface area contributed by atoms with Crippen LogP contribution in [0.3, 0.4) is 0 Å². The van der Waals surface area contributed by atoms with Crippen LogP contribution in [-0.2, 0) is 6.42 Å². The third kappa shape index (κ3) is 1.42. The number of hydrogen-bond donors (Lipinski definition) is 0. The molecule has 1 heterocycles. The van der Waals surface area contributed by atoms with Crippen molar-refractivity contribution in [2.24, 2.45) is 0 Å². The van der Waals surface area contributed by atoms with E-state index in [1.807, 2.05) is 31.2 Å². The summed E-state index contributed by atoms with van der Waals surface area (Å²) in [6, 6.07) is 9.86. The summed E-state index contributed by atoms with van der Waals surface area (Å²) in [4.78, 5) is 8.56. The first-order chi connectivity index (χ1) is 6.81. The summed E-state index contributed by atoms with van der Waals surface area (Å²) in [5.74, 6) is 0.717. The van der Waals surface area contributed by atoms with Gasteiger partial charge in [0.25, 0.3) is 0 Å². The lowest BCUT2D eigenvalue weighted by molar-refractivity contribution is 1.02. The molecule has 0 saturated heterocycles. The van der Waals surface area contributed by atoms with Crippen LogP contribution in [0.25, 0.3) is 10.9 Å². The van der Waals surface area contributed by atoms with Crippen LogP contribution in [0.2, 0.25) is 0 Å². The van der Waals surface area contributed by atoms with E-state index < -0.39 is 0 Å². The number of benzene rings is 1. The molecule has 2 aromatic rings. The highest BCUT2D eigenvalue weighted by atomic mass is 14.9. The van der Waals surface area contributed by atoms with Gasteiger partial charge in [0.05, 0.1) is 23.7 Å². The monoisotopic (exact) mass is 183 g/mol. The van der Waals surface area contributed by atoms with Crippen molar-refractivity contribution in [3.8, 4) is 6.07 Å². The van der Waals surface area contributed by atoms with Crippen LogP contribution in [-0.4, -0.2) is 9.97 Å². The summed E-state index contributed by atoms with van der Waals surface area (Å²) in [5, 5.41) is 9.63. The highest BCUT2D eigenvalue weighted by molar-refractivity contribution is 5.80. The Bertz CT molecular complexity index is 511. The number of hydrogen-bond acceptors (Lipinski definition) is 3. The first-order valence-electron chi connectivity index (χ1n) is 4.40. The van der Waals surface area contributed by atoms with E-state index in [0.717, 1.165) is 16.6 Å². The fraction of sp³-hybridized carbons (Fsp3) is 0.182. The standard InChI is InChI=1S/C11H9N3/c1-8-13-10-5-3-2-4-9(10)11(14-8)6-7-12/h2-5H,6H2,1H3. The molecule has 1 aromatic heterocycles. The minimum atomic E-state index is 0.337. The summed E-state index contributed by atoms with van der Waals surface area (Å²) in [7, 11) is 0. The van der Waals surface area contributed by atoms with Crippen molar-refractivity contribution >= 4 is 10.9 Å². The van der Waals surface area contributed by atoms with E-state index >= 15 is 0 Å². The van der Waals surface area contributed by atoms with E-state index in [-0.39, 0.29) is 0 Å². The van der Waals surface area contributed by atoms with Crippen molar-refractivity contribution in [1.29, 1.82) is 5.26 Å². The average Bonchev–Trinajstić information content (AvgIpc) is 2.18. The van der Waals surface area contributed by atoms with E-state index in [2.05, 4.69) is 16.0 Å². The maximum atomic E-state index is 8.66. The number of fused-ring (bicyclic) bond motifs is 1. The van der Waals surface area contributed by atoms with Crippen molar-refractivity contribution in [3.63, 3.8) is 0 Å². The molecule has 0 unspecified atom stereocenters. The normalized spacial score (nSPS) is 10.0. The molecule has 0 atom stereocenters. The molecule has 0 aliphatic rings. The number of rotatable bonds is 1. The van der Waals surface area contributed by atoms with Gasteiger partial charge < -0.3 is 0 Å². The van der Waals surface area contributed by atoms with Gasteiger partial charge in [0.2, 0.25) is 0 Å². The second-order valence-electron chi connectivity index (χ2n) is 3.07. The molecule has 68 valence electrons. The molecule has 1 aromatic carbocycles. The van der Waals surface area contributed by atoms with Gasteiger partial charge in [-0.2, -0.15) is 5.26 Å². The third-order valence-electron chi connectivity index (χ3n) is 2.04. The van der Waals surface area contributed by atoms with Gasteiger partial charge in [-0.1, -0.05) is 18.2 Å². The van der Waals surface area contributed by atoms with Crippen molar-refractivity contribution in [1.82, 2.24) is 9.97 Å². The van der Waals surface area contributed by atoms with Crippen LogP contribution in [0.4, 0.5) is 0 Å². The summed E-state index contributed by atoms with van der Waals surface area (Å²) < 4.78 is 0. The molecule has 14 heavy (non-hydrogen) atoms. The molecule has 2 rings (SSSR count). The van der Waals surface area contributed by atoms with Crippen molar-refractivity contribution in [2.45, 2.75) is 13.3 Å². The maximum absolute atomic E-state index is 8.66. The van der Waals surface area contributed by atoms with E-state index in [4.69, 9.17) is 5.26 Å². The third-order valence-corrected chi connectivity index (χ3v) is 2.04. The van der Waals surface area contributed by atoms with Crippen molar-refractivity contribution in [3.05, 3.63) is 35.8 Å². The van der Waals surface area contributed by atoms with E-state index in [1.54, 1.807) is 0 Å². The van der Waals surface area contributed by atoms with E-state index in [0.29, 0.717) is 12.2 Å². The highest BCUT2D eigenvalue weighted by Gasteiger charge is 2.03. The molecule has 0 aliphatic carbocycles. The fourth-order valence-electron chi connectivity index (χ4n) is 1.48. The topological polar surface area (TPSA) is 49.6 Å². The lowest BCUT2D eigenvalue weighted by Gasteiger charge is -2.02. The van der Waals surface area contributed by atoms with Gasteiger partial charge in [-0.3, -0.25) is 0 Å². The van der Waals surface area contributed by atoms with Gasteiger partial charge in [0.1, 0.15) is 5.82 Å². The predicted molar refractivity (Wildman–Crippen MR) is 53.6 cm³/mol. The Morgan fingerprint density at radius 3 is 2.86 bits per heavy atom. The molecule has 0 amide bonds. The molecule has 0 N–H and O–H groups in total. The van der Waals surface area contributed by atoms with Crippen LogP contribution in [0.5, 0.6) is 0 Å². The van der Waals surface area contributed by atoms with Gasteiger partial charge in [0.15, 0.2) is 0 Å². The lowest BCUT2D eigenvalue weighted by atomic mass is 10.1. The van der Waals surface area contributed by atoms with E-state index in [9.17, 15) is 0 Å². The molecular weight excluding hydrogens is 174 g/mol. The summed E-state index contributed by atoms with van der Waals surface area (Å²) in [6.45, 7) is 1.84. The minimum absolute atomic E-state index is 0.337. The number of aryl methyl sites for hydroxylation is 1. The number of aromatic nitrogens is 2. The summed E-state index contributed by atoms with van der Waals surface area (Å²) >= 11 is 0. The van der Waals surface area contributed by atoms with Gasteiger partial charge >= 0.3 is 0 Å². The molecule has 0 aliphatic heterocycles. The van der Waals surface area contributed by atoms with Crippen LogP contribution < -0.4 is 0 Å². The highest BCUT2D eigenvalue weighted by Crippen LogP contribution is 2.15. The van der Waals surface area contributed by atoms with Crippen LogP contribution in [0.15, 0.2) is 24.3 Å². The van der Waals surface area contributed by atoms with Crippen molar-refractivity contribution < 1.29 is 0 Å². The number of nitriles is 1. The summed E-state index contributed by atoms with van der Waals surface area (Å²) in [6.07, 6.45) is 0.337. The Labute approximate surface area is 82.0 Å². The first kappa shape index (κ1) is 8.64. The zero-order valence-corrected chi connectivity index (χ0v) is 7.86. The largest absolute Gasteiger partial charge is 0.236 e. The Balaban J connectivity index is 2.74. The zero-order chi connectivity index (χ0) is 9.97. The number of para-hydroxylation sites is 1. The Morgan fingerprint density at radius 2 is 2.07 bits per heavy atom. The zero-order valence-electron chi connectivity index (χ0n) is 7.86. The molecule has 0 fully saturated rings. The second-order valence-corrected chi connectivity index (χ2v) is 3.07. The van der Waals surface area contributed by atoms with Gasteiger partial charge in [-0.25, -0.2) is 9.97 Å². The fourth-order valence-corrected chi connectivity index (χ4v) is 1.48. The molecule has 0 spiro atoms. The SMILES string of the molecule is Cc1nc(CC#N)c2ccccc2n1. The summed E-state index contributed by atoms with van der Waals surface area (Å²) in [5.41, 5.74) is 1.72. The van der Waals surface area contributed by atoms with Crippen molar-refractivity contribution in [2.75, 3.05) is 0 Å². The number of nitrogens with zero attached hydrogens (tertiary/aromatic N) is 3.